The molecule has 0 bridgehead atoms. The summed E-state index contributed by atoms with van der Waals surface area (Å²) in [5, 5.41) is 2.81. The van der Waals surface area contributed by atoms with Gasteiger partial charge in [-0.3, -0.25) is 9.52 Å². The molecule has 0 radical (unpaired) electrons. The number of anilines is 2. The molecular formula is C19H23N3O4S. The predicted molar refractivity (Wildman–Crippen MR) is 104 cm³/mol. The Morgan fingerprint density at radius 1 is 1.22 bits per heavy atom. The lowest BCUT2D eigenvalue weighted by Crippen LogP contribution is -2.26. The highest BCUT2D eigenvalue weighted by Gasteiger charge is 2.23. The fourth-order valence-corrected chi connectivity index (χ4v) is 4.14. The number of amides is 1. The van der Waals surface area contributed by atoms with E-state index in [-0.39, 0.29) is 23.6 Å². The van der Waals surface area contributed by atoms with E-state index in [1.165, 1.54) is 18.3 Å². The summed E-state index contributed by atoms with van der Waals surface area (Å²) in [6, 6.07) is 8.60. The van der Waals surface area contributed by atoms with Gasteiger partial charge in [0.1, 0.15) is 5.82 Å². The average molecular weight is 389 g/mol. The number of ether oxygens (including phenoxy) is 1. The first-order valence-corrected chi connectivity index (χ1v) is 10.4. The van der Waals surface area contributed by atoms with Crippen LogP contribution in [0.1, 0.15) is 34.3 Å². The predicted octanol–water partition coefficient (Wildman–Crippen LogP) is 2.87. The van der Waals surface area contributed by atoms with Crippen LogP contribution in [0.3, 0.4) is 0 Å². The molecule has 1 saturated heterocycles. The monoisotopic (exact) mass is 389 g/mol. The zero-order valence-corrected chi connectivity index (χ0v) is 16.2. The summed E-state index contributed by atoms with van der Waals surface area (Å²) in [6.45, 7) is 4.56. The van der Waals surface area contributed by atoms with Gasteiger partial charge in [0.2, 0.25) is 10.0 Å². The zero-order valence-electron chi connectivity index (χ0n) is 15.4. The summed E-state index contributed by atoms with van der Waals surface area (Å²) in [5.74, 6) is -0.339. The van der Waals surface area contributed by atoms with Crippen molar-refractivity contribution in [2.24, 2.45) is 0 Å². The van der Waals surface area contributed by atoms with E-state index in [9.17, 15) is 13.2 Å². The standard InChI is InChI=1S/C19H23N3O4S/c1-13-5-6-16(10-14(13)2)21-19(23)15-7-8-20-18(11-15)22-27(24,25)12-17-4-3-9-26-17/h5-8,10-11,17H,3-4,9,12H2,1-2H3,(H,20,22)(H,21,23). The lowest BCUT2D eigenvalue weighted by Gasteiger charge is -2.12. The fourth-order valence-electron chi connectivity index (χ4n) is 2.87. The molecule has 1 aromatic carbocycles. The van der Waals surface area contributed by atoms with Crippen molar-refractivity contribution in [1.29, 1.82) is 0 Å². The highest BCUT2D eigenvalue weighted by Crippen LogP contribution is 2.18. The zero-order chi connectivity index (χ0) is 19.4. The number of aryl methyl sites for hydroxylation is 2. The van der Waals surface area contributed by atoms with Crippen LogP contribution in [0.4, 0.5) is 11.5 Å². The third kappa shape index (κ3) is 5.27. The number of aromatic nitrogens is 1. The number of pyridine rings is 1. The van der Waals surface area contributed by atoms with Gasteiger partial charge in [-0.05, 0) is 62.1 Å². The van der Waals surface area contributed by atoms with Crippen LogP contribution < -0.4 is 10.0 Å². The van der Waals surface area contributed by atoms with E-state index in [1.54, 1.807) is 0 Å². The molecule has 144 valence electrons. The molecule has 27 heavy (non-hydrogen) atoms. The van der Waals surface area contributed by atoms with Gasteiger partial charge in [0.25, 0.3) is 5.91 Å². The number of nitrogens with zero attached hydrogens (tertiary/aromatic N) is 1. The van der Waals surface area contributed by atoms with E-state index in [0.717, 1.165) is 24.0 Å². The molecular weight excluding hydrogens is 366 g/mol. The average Bonchev–Trinajstić information content (AvgIpc) is 3.10. The number of carbonyl (C=O) groups excluding carboxylic acids is 1. The van der Waals surface area contributed by atoms with Crippen molar-refractivity contribution in [3.8, 4) is 0 Å². The van der Waals surface area contributed by atoms with Crippen LogP contribution in [0.15, 0.2) is 36.5 Å². The fraction of sp³-hybridized carbons (Fsp3) is 0.368. The molecule has 1 aliphatic rings. The van der Waals surface area contributed by atoms with Gasteiger partial charge in [0.05, 0.1) is 11.9 Å². The number of benzene rings is 1. The Morgan fingerprint density at radius 2 is 2.04 bits per heavy atom. The topological polar surface area (TPSA) is 97.4 Å². The molecule has 3 rings (SSSR count). The minimum Gasteiger partial charge on any atom is -0.377 e. The smallest absolute Gasteiger partial charge is 0.255 e. The maximum Gasteiger partial charge on any atom is 0.255 e. The van der Waals surface area contributed by atoms with E-state index < -0.39 is 10.0 Å². The first-order chi connectivity index (χ1) is 12.8. The van der Waals surface area contributed by atoms with E-state index in [2.05, 4.69) is 15.0 Å². The van der Waals surface area contributed by atoms with Crippen molar-refractivity contribution in [3.63, 3.8) is 0 Å². The van der Waals surface area contributed by atoms with Crippen LogP contribution in [0.25, 0.3) is 0 Å². The van der Waals surface area contributed by atoms with Crippen molar-refractivity contribution in [2.45, 2.75) is 32.8 Å². The van der Waals surface area contributed by atoms with Crippen molar-refractivity contribution in [1.82, 2.24) is 4.98 Å². The molecule has 8 heteroatoms. The molecule has 2 N–H and O–H groups in total. The van der Waals surface area contributed by atoms with Crippen LogP contribution in [-0.2, 0) is 14.8 Å². The second-order valence-corrected chi connectivity index (χ2v) is 8.47. The molecule has 0 saturated carbocycles. The molecule has 1 atom stereocenters. The van der Waals surface area contributed by atoms with Crippen molar-refractivity contribution < 1.29 is 17.9 Å². The first-order valence-electron chi connectivity index (χ1n) is 8.79. The molecule has 2 aromatic rings. The molecule has 1 aromatic heterocycles. The van der Waals surface area contributed by atoms with Crippen LogP contribution >= 0.6 is 0 Å². The SMILES string of the molecule is Cc1ccc(NC(=O)c2ccnc(NS(=O)(=O)CC3CCCO3)c2)cc1C. The van der Waals surface area contributed by atoms with Gasteiger partial charge in [-0.25, -0.2) is 13.4 Å². The van der Waals surface area contributed by atoms with Crippen molar-refractivity contribution in [2.75, 3.05) is 22.4 Å². The largest absolute Gasteiger partial charge is 0.377 e. The highest BCUT2D eigenvalue weighted by molar-refractivity contribution is 7.92. The molecule has 7 nitrogen and oxygen atoms in total. The lowest BCUT2D eigenvalue weighted by atomic mass is 10.1. The minimum absolute atomic E-state index is 0.112. The van der Waals surface area contributed by atoms with Crippen LogP contribution in [0, 0.1) is 13.8 Å². The summed E-state index contributed by atoms with van der Waals surface area (Å²) in [5.41, 5.74) is 3.21. The Bertz CT molecular complexity index is 938. The van der Waals surface area contributed by atoms with Gasteiger partial charge in [-0.1, -0.05) is 6.07 Å². The third-order valence-corrected chi connectivity index (χ3v) is 5.81. The Balaban J connectivity index is 1.68. The second-order valence-electron chi connectivity index (χ2n) is 6.70. The Kier molecular flexibility index (Phi) is 5.76. The quantitative estimate of drug-likeness (QED) is 0.792. The minimum atomic E-state index is -3.60. The van der Waals surface area contributed by atoms with Gasteiger partial charge < -0.3 is 10.1 Å². The maximum atomic E-state index is 12.5. The number of hydrogen-bond donors (Lipinski definition) is 2. The maximum absolute atomic E-state index is 12.5. The Labute approximate surface area is 159 Å². The number of hydrogen-bond acceptors (Lipinski definition) is 5. The number of sulfonamides is 1. The normalized spacial score (nSPS) is 16.9. The van der Waals surface area contributed by atoms with E-state index >= 15 is 0 Å². The number of nitrogens with one attached hydrogen (secondary N) is 2. The van der Waals surface area contributed by atoms with Gasteiger partial charge in [0, 0.05) is 24.1 Å². The molecule has 0 aliphatic carbocycles. The Hall–Kier alpha value is -2.45. The van der Waals surface area contributed by atoms with E-state index in [0.29, 0.717) is 17.9 Å². The van der Waals surface area contributed by atoms with Gasteiger partial charge >= 0.3 is 0 Å². The molecule has 1 aliphatic heterocycles. The summed E-state index contributed by atoms with van der Waals surface area (Å²) in [6.07, 6.45) is 2.71. The summed E-state index contributed by atoms with van der Waals surface area (Å²) in [7, 11) is -3.60. The number of carbonyl (C=O) groups is 1. The third-order valence-electron chi connectivity index (χ3n) is 4.48. The van der Waals surface area contributed by atoms with Crippen LogP contribution in [0.5, 0.6) is 0 Å². The molecule has 1 unspecified atom stereocenters. The second kappa shape index (κ2) is 8.06. The van der Waals surface area contributed by atoms with Gasteiger partial charge in [-0.15, -0.1) is 0 Å². The van der Waals surface area contributed by atoms with E-state index in [4.69, 9.17) is 4.74 Å². The number of rotatable bonds is 6. The summed E-state index contributed by atoms with van der Waals surface area (Å²) < 4.78 is 32.3. The molecule has 1 fully saturated rings. The highest BCUT2D eigenvalue weighted by atomic mass is 32.2. The molecule has 2 heterocycles. The van der Waals surface area contributed by atoms with E-state index in [1.807, 2.05) is 32.0 Å². The Morgan fingerprint density at radius 3 is 2.74 bits per heavy atom. The lowest BCUT2D eigenvalue weighted by molar-refractivity contribution is 0.102. The summed E-state index contributed by atoms with van der Waals surface area (Å²) >= 11 is 0. The first kappa shape index (κ1) is 19.3. The van der Waals surface area contributed by atoms with Crippen molar-refractivity contribution in [3.05, 3.63) is 53.2 Å². The molecule has 1 amide bonds. The van der Waals surface area contributed by atoms with Gasteiger partial charge in [-0.2, -0.15) is 0 Å². The van der Waals surface area contributed by atoms with Crippen molar-refractivity contribution >= 4 is 27.4 Å². The van der Waals surface area contributed by atoms with Crippen LogP contribution in [0.2, 0.25) is 0 Å². The van der Waals surface area contributed by atoms with Crippen LogP contribution in [-0.4, -0.2) is 37.8 Å². The summed E-state index contributed by atoms with van der Waals surface area (Å²) in [4.78, 5) is 16.5. The van der Waals surface area contributed by atoms with Gasteiger partial charge in [0.15, 0.2) is 0 Å². The molecule has 0 spiro atoms.